The van der Waals surface area contributed by atoms with E-state index in [0.717, 1.165) is 0 Å². The topological polar surface area (TPSA) is 175 Å². The normalized spacial score (nSPS) is 27.0. The van der Waals surface area contributed by atoms with Crippen LogP contribution in [0.4, 0.5) is 0 Å². The Bertz CT molecular complexity index is 814. The van der Waals surface area contributed by atoms with E-state index in [1.165, 1.54) is 18.2 Å². The fraction of sp³-hybridized carbons (Fsp3) is 0.500. The average Bonchev–Trinajstić information content (AvgIpc) is 2.59. The molecule has 15 heteroatoms. The largest absolute Gasteiger partial charge is 1.00 e. The van der Waals surface area contributed by atoms with E-state index < -0.39 is 60.2 Å². The van der Waals surface area contributed by atoms with Crippen LogP contribution in [0.3, 0.4) is 0 Å². The van der Waals surface area contributed by atoms with Crippen molar-refractivity contribution >= 4 is 39.5 Å². The summed E-state index contributed by atoms with van der Waals surface area (Å²) in [4.78, 5) is 12.0. The van der Waals surface area contributed by atoms with E-state index >= 15 is 0 Å². The Labute approximate surface area is 198 Å². The van der Waals surface area contributed by atoms with Gasteiger partial charge in [0.15, 0.2) is 12.8 Å². The molecule has 1 saturated heterocycles. The Morgan fingerprint density at radius 1 is 1.21 bits per heavy atom. The van der Waals surface area contributed by atoms with Crippen molar-refractivity contribution in [1.29, 1.82) is 0 Å². The predicted molar refractivity (Wildman–Crippen MR) is 92.4 cm³/mol. The predicted octanol–water partition coefficient (Wildman–Crippen LogP) is -4.22. The molecule has 1 aliphatic rings. The van der Waals surface area contributed by atoms with Crippen LogP contribution in [0, 0.1) is 0 Å². The van der Waals surface area contributed by atoms with Crippen LogP contribution in [0.5, 0.6) is 5.75 Å². The van der Waals surface area contributed by atoms with Crippen molar-refractivity contribution in [3.05, 3.63) is 28.2 Å². The summed E-state index contributed by atoms with van der Waals surface area (Å²) in [7, 11) is -5.08. The first-order valence-corrected chi connectivity index (χ1v) is 9.74. The third-order valence-corrected chi connectivity index (χ3v) is 4.60. The number of hydrogen-bond donors (Lipinski definition) is 4. The molecule has 1 aliphatic heterocycles. The molecular formula is C14H16Cl2NNaO10S. The van der Waals surface area contributed by atoms with E-state index in [-0.39, 0.29) is 40.3 Å². The van der Waals surface area contributed by atoms with Gasteiger partial charge in [0.05, 0.1) is 11.6 Å². The molecule has 0 aromatic heterocycles. The molecule has 158 valence electrons. The number of halogens is 2. The van der Waals surface area contributed by atoms with Gasteiger partial charge in [0.25, 0.3) is 5.91 Å². The van der Waals surface area contributed by atoms with Crippen LogP contribution in [-0.2, 0) is 24.1 Å². The average molecular weight is 484 g/mol. The number of amides is 1. The number of rotatable bonds is 7. The van der Waals surface area contributed by atoms with Crippen molar-refractivity contribution in [3.8, 4) is 5.75 Å². The molecule has 1 aromatic rings. The Kier molecular flexibility index (Phi) is 10.6. The van der Waals surface area contributed by atoms with E-state index in [1.807, 2.05) is 0 Å². The molecule has 0 bridgehead atoms. The molecule has 4 N–H and O–H groups in total. The minimum atomic E-state index is -5.08. The fourth-order valence-corrected chi connectivity index (χ4v) is 3.06. The van der Waals surface area contributed by atoms with Crippen molar-refractivity contribution in [3.63, 3.8) is 0 Å². The van der Waals surface area contributed by atoms with Gasteiger partial charge < -0.3 is 34.7 Å². The van der Waals surface area contributed by atoms with Crippen LogP contribution >= 0.6 is 23.2 Å². The van der Waals surface area contributed by atoms with Gasteiger partial charge in [-0.05, 0) is 18.2 Å². The maximum Gasteiger partial charge on any atom is 1.00 e. The number of carbonyl (C=O) groups excluding carboxylic acids is 1. The van der Waals surface area contributed by atoms with Crippen LogP contribution in [-0.4, -0.2) is 78.1 Å². The molecule has 5 atom stereocenters. The fourth-order valence-electron chi connectivity index (χ4n) is 2.29. The molecule has 11 nitrogen and oxygen atoms in total. The Morgan fingerprint density at radius 2 is 1.86 bits per heavy atom. The Morgan fingerprint density at radius 3 is 2.45 bits per heavy atom. The first-order valence-electron chi connectivity index (χ1n) is 7.65. The zero-order chi connectivity index (χ0) is 21.1. The standard InChI is InChI=1S/C14H17Cl2NO10S.Na/c15-6-1-2-8(7(16)3-6)25-5-10(18)17-14-13(21)12(20)11(19)9(27-14)4-26-28(22,23)24;/h1-3,9,11-14,19-21H,4-5H2,(H,17,18)(H,22,23,24);/q;+1/p-1/t9-,11-,12+,13-,14-;/m1./s1. The van der Waals surface area contributed by atoms with Gasteiger partial charge in [-0.1, -0.05) is 23.2 Å². The third-order valence-electron chi connectivity index (χ3n) is 3.64. The summed E-state index contributed by atoms with van der Waals surface area (Å²) in [5.74, 6) is -0.636. The molecule has 0 radical (unpaired) electrons. The number of benzene rings is 1. The first kappa shape index (κ1) is 26.8. The van der Waals surface area contributed by atoms with Crippen LogP contribution in [0.2, 0.25) is 10.0 Å². The number of nitrogens with one attached hydrogen (secondary N) is 1. The van der Waals surface area contributed by atoms with Crippen LogP contribution in [0.25, 0.3) is 0 Å². The minimum Gasteiger partial charge on any atom is -0.726 e. The number of carbonyl (C=O) groups is 1. The second-order valence-electron chi connectivity index (χ2n) is 5.69. The van der Waals surface area contributed by atoms with E-state index in [9.17, 15) is 33.1 Å². The van der Waals surface area contributed by atoms with Crippen molar-refractivity contribution in [2.24, 2.45) is 0 Å². The molecular weight excluding hydrogens is 468 g/mol. The Hall–Kier alpha value is -0.220. The van der Waals surface area contributed by atoms with Crippen molar-refractivity contribution in [2.75, 3.05) is 13.2 Å². The summed E-state index contributed by atoms with van der Waals surface area (Å²) in [6.07, 6.45) is -8.39. The van der Waals surface area contributed by atoms with E-state index in [1.54, 1.807) is 0 Å². The van der Waals surface area contributed by atoms with Gasteiger partial charge >= 0.3 is 29.6 Å². The van der Waals surface area contributed by atoms with Crippen LogP contribution in [0.1, 0.15) is 0 Å². The van der Waals surface area contributed by atoms with Gasteiger partial charge in [0.1, 0.15) is 30.2 Å². The Balaban J connectivity index is 0.00000420. The molecule has 1 heterocycles. The van der Waals surface area contributed by atoms with Gasteiger partial charge in [-0.25, -0.2) is 8.42 Å². The van der Waals surface area contributed by atoms with Crippen LogP contribution in [0.15, 0.2) is 18.2 Å². The second kappa shape index (κ2) is 11.4. The molecule has 2 rings (SSSR count). The maximum atomic E-state index is 12.0. The molecule has 1 aromatic carbocycles. The van der Waals surface area contributed by atoms with Gasteiger partial charge in [-0.15, -0.1) is 0 Å². The smallest absolute Gasteiger partial charge is 0.726 e. The summed E-state index contributed by atoms with van der Waals surface area (Å²) >= 11 is 11.6. The monoisotopic (exact) mass is 483 g/mol. The number of aliphatic hydroxyl groups excluding tert-OH is 3. The summed E-state index contributed by atoms with van der Waals surface area (Å²) < 4.78 is 45.9. The molecule has 0 unspecified atom stereocenters. The van der Waals surface area contributed by atoms with E-state index in [2.05, 4.69) is 9.50 Å². The molecule has 1 amide bonds. The minimum absolute atomic E-state index is 0. The van der Waals surface area contributed by atoms with Crippen molar-refractivity contribution in [2.45, 2.75) is 30.6 Å². The summed E-state index contributed by atoms with van der Waals surface area (Å²) in [6.45, 7) is -1.48. The zero-order valence-corrected chi connectivity index (χ0v) is 19.2. The molecule has 29 heavy (non-hydrogen) atoms. The summed E-state index contributed by atoms with van der Waals surface area (Å²) in [5, 5.41) is 32.2. The van der Waals surface area contributed by atoms with E-state index in [0.29, 0.717) is 5.02 Å². The number of ether oxygens (including phenoxy) is 2. The summed E-state index contributed by atoms with van der Waals surface area (Å²) in [5.41, 5.74) is 0. The van der Waals surface area contributed by atoms with Crippen molar-refractivity contribution < 1.29 is 76.3 Å². The van der Waals surface area contributed by atoms with Gasteiger partial charge in [0, 0.05) is 5.02 Å². The zero-order valence-electron chi connectivity index (χ0n) is 14.9. The third kappa shape index (κ3) is 8.09. The molecule has 0 spiro atoms. The van der Waals surface area contributed by atoms with Gasteiger partial charge in [0.2, 0.25) is 10.4 Å². The maximum absolute atomic E-state index is 12.0. The molecule has 1 fully saturated rings. The number of aliphatic hydroxyl groups is 3. The molecule has 0 aliphatic carbocycles. The first-order chi connectivity index (χ1) is 13.0. The van der Waals surface area contributed by atoms with Crippen LogP contribution < -0.4 is 39.6 Å². The van der Waals surface area contributed by atoms with Gasteiger partial charge in [-0.2, -0.15) is 0 Å². The van der Waals surface area contributed by atoms with Gasteiger partial charge in [-0.3, -0.25) is 8.98 Å². The second-order valence-corrected chi connectivity index (χ2v) is 7.59. The van der Waals surface area contributed by atoms with Crippen molar-refractivity contribution in [1.82, 2.24) is 5.32 Å². The quantitative estimate of drug-likeness (QED) is 0.169. The summed E-state index contributed by atoms with van der Waals surface area (Å²) in [6, 6.07) is 4.32. The SMILES string of the molecule is O=C(COc1ccc(Cl)cc1Cl)N[C@@H]1O[C@H](COS(=O)(=O)[O-])[C@@H](O)[C@H](O)[C@H]1O.[Na+]. The molecule has 0 saturated carbocycles. The van der Waals surface area contributed by atoms with E-state index in [4.69, 9.17) is 32.7 Å². The number of hydrogen-bond acceptors (Lipinski definition) is 10.